The smallest absolute Gasteiger partial charge is 0.337 e. The molecule has 11 heteroatoms. The Labute approximate surface area is 258 Å². The van der Waals surface area contributed by atoms with Gasteiger partial charge in [0.1, 0.15) is 23.8 Å². The van der Waals surface area contributed by atoms with Crippen LogP contribution in [-0.4, -0.2) is 66.4 Å². The molecule has 0 bridgehead atoms. The van der Waals surface area contributed by atoms with Crippen LogP contribution in [0.4, 0.5) is 10.1 Å². The number of rotatable bonds is 9. The highest BCUT2D eigenvalue weighted by atomic mass is 35.5. The van der Waals surface area contributed by atoms with Crippen LogP contribution in [0, 0.1) is 6.01 Å². The minimum Gasteiger partial charge on any atom is -0.487 e. The first kappa shape index (κ1) is 28.6. The van der Waals surface area contributed by atoms with Gasteiger partial charge in [0, 0.05) is 49.8 Å². The maximum atomic E-state index is 13.8. The zero-order valence-corrected chi connectivity index (χ0v) is 25.1. The van der Waals surface area contributed by atoms with Crippen molar-refractivity contribution in [2.45, 2.75) is 32.2 Å². The third-order valence-corrected chi connectivity index (χ3v) is 8.77. The number of nitrogens with zero attached hydrogens (tertiary/aromatic N) is 4. The average molecular weight is 619 g/mol. The van der Waals surface area contributed by atoms with Crippen molar-refractivity contribution < 1.29 is 27.8 Å². The van der Waals surface area contributed by atoms with Gasteiger partial charge >= 0.3 is 5.97 Å². The summed E-state index contributed by atoms with van der Waals surface area (Å²) in [5.74, 6) is 1.34. The summed E-state index contributed by atoms with van der Waals surface area (Å²) < 4.78 is 38.2. The minimum absolute atomic E-state index is 0.150. The van der Waals surface area contributed by atoms with Crippen LogP contribution >= 0.6 is 11.6 Å². The summed E-state index contributed by atoms with van der Waals surface area (Å²) >= 11 is 6.23. The standard InChI is InChI=1S/C33H32ClFN4O5/c1-41-33(40)21-7-9-26-28(16-21)39(18-23-10-15-42-23)31(36-26)19-37-11-13-38(14-12-37)27-4-2-3-5-29(27)43-20-22-6-8-25(34)24-17-30(35)44-32(22)24/h2-9,16-17,23H,10-15,18-20H2,1H3/t23-/m0/s1. The fourth-order valence-corrected chi connectivity index (χ4v) is 6.15. The average Bonchev–Trinajstić information content (AvgIpc) is 3.58. The first-order valence-electron chi connectivity index (χ1n) is 14.7. The van der Waals surface area contributed by atoms with Crippen molar-refractivity contribution in [3.63, 3.8) is 0 Å². The molecule has 9 nitrogen and oxygen atoms in total. The minimum atomic E-state index is -0.675. The fraction of sp³-hybridized carbons (Fsp3) is 0.333. The zero-order valence-electron chi connectivity index (χ0n) is 24.3. The Morgan fingerprint density at radius 3 is 2.68 bits per heavy atom. The Morgan fingerprint density at radius 1 is 1.09 bits per heavy atom. The molecule has 3 aromatic carbocycles. The Bertz CT molecular complexity index is 1830. The Morgan fingerprint density at radius 2 is 1.91 bits per heavy atom. The number of ether oxygens (including phenoxy) is 3. The van der Waals surface area contributed by atoms with E-state index in [2.05, 4.69) is 20.4 Å². The van der Waals surface area contributed by atoms with Crippen LogP contribution in [0.3, 0.4) is 0 Å². The van der Waals surface area contributed by atoms with Crippen LogP contribution in [0.2, 0.25) is 5.02 Å². The number of aromatic nitrogens is 2. The summed E-state index contributed by atoms with van der Waals surface area (Å²) in [6.07, 6.45) is 1.16. The molecule has 1 atom stereocenters. The van der Waals surface area contributed by atoms with Gasteiger partial charge in [-0.15, -0.1) is 0 Å². The van der Waals surface area contributed by atoms with Crippen molar-refractivity contribution in [1.29, 1.82) is 0 Å². The predicted molar refractivity (Wildman–Crippen MR) is 165 cm³/mol. The van der Waals surface area contributed by atoms with Gasteiger partial charge in [-0.05, 0) is 42.8 Å². The highest BCUT2D eigenvalue weighted by Gasteiger charge is 2.25. The van der Waals surface area contributed by atoms with Crippen LogP contribution in [-0.2, 0) is 29.2 Å². The summed E-state index contributed by atoms with van der Waals surface area (Å²) in [4.78, 5) is 21.9. The maximum absolute atomic E-state index is 13.8. The summed E-state index contributed by atoms with van der Waals surface area (Å²) in [6, 6.07) is 17.6. The van der Waals surface area contributed by atoms with Gasteiger partial charge < -0.3 is 28.1 Å². The monoisotopic (exact) mass is 618 g/mol. The summed E-state index contributed by atoms with van der Waals surface area (Å²) in [5.41, 5.74) is 4.41. The van der Waals surface area contributed by atoms with Crippen molar-refractivity contribution in [1.82, 2.24) is 14.5 Å². The van der Waals surface area contributed by atoms with E-state index >= 15 is 0 Å². The lowest BCUT2D eigenvalue weighted by Gasteiger charge is -2.36. The fourth-order valence-electron chi connectivity index (χ4n) is 5.95. The zero-order chi connectivity index (χ0) is 30.2. The molecule has 0 aliphatic carbocycles. The number of piperazine rings is 1. The molecule has 2 fully saturated rings. The normalized spacial score (nSPS) is 17.2. The van der Waals surface area contributed by atoms with Gasteiger partial charge in [-0.1, -0.05) is 29.8 Å². The second-order valence-corrected chi connectivity index (χ2v) is 11.5. The van der Waals surface area contributed by atoms with Crippen molar-refractivity contribution >= 4 is 45.3 Å². The lowest BCUT2D eigenvalue weighted by molar-refractivity contribution is -0.0592. The molecule has 7 rings (SSSR count). The van der Waals surface area contributed by atoms with E-state index in [0.29, 0.717) is 34.6 Å². The lowest BCUT2D eigenvalue weighted by Crippen LogP contribution is -2.46. The summed E-state index contributed by atoms with van der Waals surface area (Å²) in [7, 11) is 1.39. The van der Waals surface area contributed by atoms with Gasteiger partial charge in [0.05, 0.1) is 53.6 Å². The van der Waals surface area contributed by atoms with Crippen LogP contribution in [0.25, 0.3) is 22.0 Å². The Hall–Kier alpha value is -4.12. The number of para-hydroxylation sites is 2. The number of carbonyl (C=O) groups excluding carboxylic acids is 1. The summed E-state index contributed by atoms with van der Waals surface area (Å²) in [5, 5.41) is 0.972. The molecule has 2 aliphatic rings. The maximum Gasteiger partial charge on any atom is 0.337 e. The number of methoxy groups -OCH3 is 1. The van der Waals surface area contributed by atoms with Crippen molar-refractivity contribution in [2.75, 3.05) is 44.8 Å². The van der Waals surface area contributed by atoms with E-state index in [0.717, 1.165) is 73.1 Å². The van der Waals surface area contributed by atoms with Crippen LogP contribution < -0.4 is 9.64 Å². The topological polar surface area (TPSA) is 82.2 Å². The number of anilines is 1. The highest BCUT2D eigenvalue weighted by molar-refractivity contribution is 6.35. The van der Waals surface area contributed by atoms with E-state index in [9.17, 15) is 9.18 Å². The van der Waals surface area contributed by atoms with Crippen LogP contribution in [0.15, 0.2) is 65.1 Å². The highest BCUT2D eigenvalue weighted by Crippen LogP contribution is 2.33. The molecule has 44 heavy (non-hydrogen) atoms. The van der Waals surface area contributed by atoms with E-state index < -0.39 is 6.01 Å². The Balaban J connectivity index is 1.05. The van der Waals surface area contributed by atoms with Gasteiger partial charge in [-0.3, -0.25) is 4.90 Å². The largest absolute Gasteiger partial charge is 0.487 e. The predicted octanol–water partition coefficient (Wildman–Crippen LogP) is 6.05. The van der Waals surface area contributed by atoms with Gasteiger partial charge in [0.15, 0.2) is 0 Å². The first-order valence-corrected chi connectivity index (χ1v) is 15.1. The molecule has 2 aliphatic heterocycles. The number of halogens is 2. The second kappa shape index (κ2) is 12.1. The van der Waals surface area contributed by atoms with E-state index in [1.165, 1.54) is 13.2 Å². The van der Waals surface area contributed by atoms with Crippen LogP contribution in [0.5, 0.6) is 5.75 Å². The molecule has 2 saturated heterocycles. The second-order valence-electron chi connectivity index (χ2n) is 11.1. The molecule has 4 heterocycles. The van der Waals surface area contributed by atoms with Gasteiger partial charge in [-0.2, -0.15) is 4.39 Å². The number of benzene rings is 3. The van der Waals surface area contributed by atoms with Crippen molar-refractivity contribution in [2.24, 2.45) is 0 Å². The summed E-state index contributed by atoms with van der Waals surface area (Å²) in [6.45, 7) is 5.69. The molecule has 5 aromatic rings. The van der Waals surface area contributed by atoms with Gasteiger partial charge in [0.2, 0.25) is 0 Å². The molecular formula is C33H32ClFN4O5. The number of esters is 1. The number of hydrogen-bond acceptors (Lipinski definition) is 8. The van der Waals surface area contributed by atoms with E-state index in [-0.39, 0.29) is 18.7 Å². The number of fused-ring (bicyclic) bond motifs is 2. The van der Waals surface area contributed by atoms with Crippen molar-refractivity contribution in [3.8, 4) is 5.75 Å². The first-order chi connectivity index (χ1) is 21.5. The molecule has 0 amide bonds. The van der Waals surface area contributed by atoms with E-state index in [4.69, 9.17) is 35.2 Å². The third kappa shape index (κ3) is 5.60. The number of carbonyl (C=O) groups is 1. The van der Waals surface area contributed by atoms with Crippen molar-refractivity contribution in [3.05, 3.63) is 88.7 Å². The van der Waals surface area contributed by atoms with E-state index in [1.54, 1.807) is 18.2 Å². The molecule has 2 aromatic heterocycles. The van der Waals surface area contributed by atoms with E-state index in [1.807, 2.05) is 30.3 Å². The Kier molecular flexibility index (Phi) is 7.88. The molecule has 228 valence electrons. The number of furan rings is 1. The number of imidazole rings is 1. The van der Waals surface area contributed by atoms with Gasteiger partial charge in [0.25, 0.3) is 6.01 Å². The lowest BCUT2D eigenvalue weighted by atomic mass is 10.1. The third-order valence-electron chi connectivity index (χ3n) is 8.44. The molecule has 0 spiro atoms. The number of hydrogen-bond donors (Lipinski definition) is 0. The van der Waals surface area contributed by atoms with Crippen LogP contribution in [0.1, 0.15) is 28.2 Å². The molecular weight excluding hydrogens is 587 g/mol. The molecule has 0 unspecified atom stereocenters. The quantitative estimate of drug-likeness (QED) is 0.185. The molecule has 0 N–H and O–H groups in total. The molecule has 0 radical (unpaired) electrons. The SMILES string of the molecule is COC(=O)c1ccc2nc(CN3CCN(c4ccccc4OCc4ccc(Cl)c5cc(F)oc45)CC3)n(C[C@@H]3CCO3)c2c1. The molecule has 0 saturated carbocycles. The van der Waals surface area contributed by atoms with Gasteiger partial charge in [-0.25, -0.2) is 9.78 Å².